The number of carbonyl (C=O) groups is 1. The van der Waals surface area contributed by atoms with E-state index < -0.39 is 86.8 Å². The van der Waals surface area contributed by atoms with Gasteiger partial charge in [0.15, 0.2) is 12.6 Å². The van der Waals surface area contributed by atoms with Gasteiger partial charge in [-0.3, -0.25) is 4.79 Å². The molecule has 0 aliphatic carbocycles. The first-order chi connectivity index (χ1) is 45.1. The normalized spacial score (nSPS) is 23.2. The largest absolute Gasteiger partial charge is 0.394 e. The van der Waals surface area contributed by atoms with Crippen LogP contribution in [0.25, 0.3) is 0 Å². The fourth-order valence-corrected chi connectivity index (χ4v) is 11.8. The summed E-state index contributed by atoms with van der Waals surface area (Å²) in [7, 11) is 0. The standard InChI is InChI=1S/C78H137NO13/c1-3-5-7-9-11-13-15-17-19-21-23-24-25-26-27-28-29-30-31-32-33-34-35-36-37-38-39-40-41-42-44-46-48-50-52-54-56-58-60-62-70(83)79-66(67(82)61-59-57-55-53-51-49-47-45-43-22-20-18-16-14-12-10-8-6-4-2)65-89-77-75(88)73(86)76(69(64-81)91-77)92-78-74(87)72(85)71(84)68(63-80)90-78/h5,7,11,13,17,19,23-24,26-27,43,45,51,53,59,61,66-69,71-78,80-82,84-88H,3-4,6,8-10,12,14-16,18,20-22,25,28-42,44,46-50,52,54-58,60,62-65H2,1-2H3,(H,79,83)/b7-5-,13-11-,19-17-,24-23-,27-26-,45-43+,53-51+,61-59+. The van der Waals surface area contributed by atoms with E-state index in [4.69, 9.17) is 18.9 Å². The molecule has 0 saturated carbocycles. The highest BCUT2D eigenvalue weighted by molar-refractivity contribution is 5.76. The molecule has 2 fully saturated rings. The van der Waals surface area contributed by atoms with Crippen molar-refractivity contribution in [1.82, 2.24) is 5.32 Å². The Kier molecular flexibility index (Phi) is 56.8. The van der Waals surface area contributed by atoms with Crippen LogP contribution >= 0.6 is 0 Å². The summed E-state index contributed by atoms with van der Waals surface area (Å²) in [6, 6.07) is -0.941. The van der Waals surface area contributed by atoms with Crippen LogP contribution in [0.4, 0.5) is 0 Å². The lowest BCUT2D eigenvalue weighted by Crippen LogP contribution is -2.65. The highest BCUT2D eigenvalue weighted by Gasteiger charge is 2.51. The van der Waals surface area contributed by atoms with Crippen molar-refractivity contribution in [2.75, 3.05) is 19.8 Å². The molecule has 1 amide bonds. The molecule has 12 unspecified atom stereocenters. The molecule has 0 bridgehead atoms. The van der Waals surface area contributed by atoms with Gasteiger partial charge in [0, 0.05) is 6.42 Å². The number of hydrogen-bond acceptors (Lipinski definition) is 13. The number of rotatable bonds is 61. The Bertz CT molecular complexity index is 1920. The van der Waals surface area contributed by atoms with Crippen molar-refractivity contribution in [1.29, 1.82) is 0 Å². The fourth-order valence-electron chi connectivity index (χ4n) is 11.8. The van der Waals surface area contributed by atoms with E-state index in [2.05, 4.69) is 104 Å². The summed E-state index contributed by atoms with van der Waals surface area (Å²) in [6.07, 6.45) is 70.6. The maximum atomic E-state index is 13.3. The molecule has 12 atom stereocenters. The van der Waals surface area contributed by atoms with Gasteiger partial charge in [-0.25, -0.2) is 0 Å². The van der Waals surface area contributed by atoms with E-state index in [1.165, 1.54) is 186 Å². The third-order valence-corrected chi connectivity index (χ3v) is 17.7. The second kappa shape index (κ2) is 61.5. The Labute approximate surface area is 560 Å². The molecule has 0 aromatic heterocycles. The van der Waals surface area contributed by atoms with Crippen LogP contribution < -0.4 is 5.32 Å². The monoisotopic (exact) mass is 1300 g/mol. The maximum Gasteiger partial charge on any atom is 0.220 e. The molecule has 0 spiro atoms. The molecule has 0 aromatic rings. The molecule has 0 radical (unpaired) electrons. The summed E-state index contributed by atoms with van der Waals surface area (Å²) >= 11 is 0. The Hall–Kier alpha value is -3.09. The number of hydrogen-bond donors (Lipinski definition) is 9. The number of nitrogens with one attached hydrogen (secondary N) is 1. The minimum atomic E-state index is -1.80. The van der Waals surface area contributed by atoms with E-state index in [1.807, 2.05) is 6.08 Å². The van der Waals surface area contributed by atoms with Crippen molar-refractivity contribution >= 4 is 5.91 Å². The average molecular weight is 1300 g/mol. The number of unbranched alkanes of at least 4 members (excludes halogenated alkanes) is 34. The summed E-state index contributed by atoms with van der Waals surface area (Å²) in [5, 5.41) is 87.4. The van der Waals surface area contributed by atoms with E-state index >= 15 is 0 Å². The van der Waals surface area contributed by atoms with Crippen molar-refractivity contribution < 1.29 is 64.6 Å². The first-order valence-corrected chi connectivity index (χ1v) is 37.5. The minimum Gasteiger partial charge on any atom is -0.394 e. The van der Waals surface area contributed by atoms with Crippen molar-refractivity contribution in [3.05, 3.63) is 97.2 Å². The van der Waals surface area contributed by atoms with E-state index in [1.54, 1.807) is 6.08 Å². The molecular formula is C78H137NO13. The van der Waals surface area contributed by atoms with E-state index in [9.17, 15) is 45.6 Å². The van der Waals surface area contributed by atoms with Gasteiger partial charge in [0.1, 0.15) is 48.8 Å². The average Bonchev–Trinajstić information content (AvgIpc) is 1.05. The van der Waals surface area contributed by atoms with Gasteiger partial charge in [-0.15, -0.1) is 0 Å². The van der Waals surface area contributed by atoms with E-state index in [0.29, 0.717) is 12.8 Å². The minimum absolute atomic E-state index is 0.251. The van der Waals surface area contributed by atoms with Crippen LogP contribution in [0.2, 0.25) is 0 Å². The second-order valence-electron chi connectivity index (χ2n) is 26.0. The van der Waals surface area contributed by atoms with Gasteiger partial charge in [0.2, 0.25) is 5.91 Å². The van der Waals surface area contributed by atoms with Gasteiger partial charge >= 0.3 is 0 Å². The molecule has 2 rings (SSSR count). The molecule has 14 heteroatoms. The number of aliphatic hydroxyl groups excluding tert-OH is 8. The number of carbonyl (C=O) groups excluding carboxylic acids is 1. The van der Waals surface area contributed by atoms with Gasteiger partial charge in [0.25, 0.3) is 0 Å². The topological polar surface area (TPSA) is 228 Å². The van der Waals surface area contributed by atoms with Gasteiger partial charge in [0.05, 0.1) is 32.0 Å². The summed E-state index contributed by atoms with van der Waals surface area (Å²) in [6.45, 7) is 2.68. The smallest absolute Gasteiger partial charge is 0.220 e. The Morgan fingerprint density at radius 2 is 0.761 bits per heavy atom. The second-order valence-corrected chi connectivity index (χ2v) is 26.0. The number of ether oxygens (including phenoxy) is 4. The lowest BCUT2D eigenvalue weighted by molar-refractivity contribution is -0.359. The highest BCUT2D eigenvalue weighted by atomic mass is 16.7. The van der Waals surface area contributed by atoms with Crippen LogP contribution in [0.1, 0.15) is 296 Å². The van der Waals surface area contributed by atoms with E-state index in [0.717, 1.165) is 77.0 Å². The van der Waals surface area contributed by atoms with Crippen LogP contribution in [-0.4, -0.2) is 140 Å². The van der Waals surface area contributed by atoms with E-state index in [-0.39, 0.29) is 18.9 Å². The van der Waals surface area contributed by atoms with Gasteiger partial charge in [-0.05, 0) is 89.9 Å². The molecule has 2 heterocycles. The molecule has 532 valence electrons. The molecular weight excluding hydrogens is 1160 g/mol. The fraction of sp³-hybridized carbons (Fsp3) is 0.782. The van der Waals surface area contributed by atoms with Gasteiger partial charge < -0.3 is 65.1 Å². The number of allylic oxidation sites excluding steroid dienone is 15. The molecule has 9 N–H and O–H groups in total. The Morgan fingerprint density at radius 1 is 0.402 bits per heavy atom. The van der Waals surface area contributed by atoms with Crippen LogP contribution in [0.15, 0.2) is 97.2 Å². The maximum absolute atomic E-state index is 13.3. The van der Waals surface area contributed by atoms with Gasteiger partial charge in [-0.1, -0.05) is 297 Å². The zero-order valence-corrected chi connectivity index (χ0v) is 58.0. The quantitative estimate of drug-likeness (QED) is 0.0204. The first-order valence-electron chi connectivity index (χ1n) is 37.5. The van der Waals surface area contributed by atoms with Crippen LogP contribution in [0, 0.1) is 0 Å². The van der Waals surface area contributed by atoms with Gasteiger partial charge in [-0.2, -0.15) is 0 Å². The summed E-state index contributed by atoms with van der Waals surface area (Å²) < 4.78 is 22.8. The number of aliphatic hydroxyl groups is 8. The third-order valence-electron chi connectivity index (χ3n) is 17.7. The Balaban J connectivity index is 1.60. The zero-order valence-electron chi connectivity index (χ0n) is 58.0. The lowest BCUT2D eigenvalue weighted by Gasteiger charge is -2.46. The third kappa shape index (κ3) is 44.6. The molecule has 2 aliphatic heterocycles. The predicted octanol–water partition coefficient (Wildman–Crippen LogP) is 16.1. The summed E-state index contributed by atoms with van der Waals surface area (Å²) in [5.41, 5.74) is 0. The highest BCUT2D eigenvalue weighted by Crippen LogP contribution is 2.30. The van der Waals surface area contributed by atoms with Crippen LogP contribution in [0.3, 0.4) is 0 Å². The molecule has 14 nitrogen and oxygen atoms in total. The molecule has 2 aliphatic rings. The molecule has 92 heavy (non-hydrogen) atoms. The van der Waals surface area contributed by atoms with Crippen LogP contribution in [0.5, 0.6) is 0 Å². The van der Waals surface area contributed by atoms with Crippen LogP contribution in [-0.2, 0) is 23.7 Å². The Morgan fingerprint density at radius 3 is 1.20 bits per heavy atom. The lowest BCUT2D eigenvalue weighted by atomic mass is 9.97. The van der Waals surface area contributed by atoms with Crippen molar-refractivity contribution in [2.24, 2.45) is 0 Å². The zero-order chi connectivity index (χ0) is 66.6. The van der Waals surface area contributed by atoms with Crippen molar-refractivity contribution in [2.45, 2.75) is 370 Å². The number of amides is 1. The first kappa shape index (κ1) is 85.0. The summed E-state index contributed by atoms with van der Waals surface area (Å²) in [5.74, 6) is -0.251. The van der Waals surface area contributed by atoms with Crippen molar-refractivity contribution in [3.63, 3.8) is 0 Å². The summed E-state index contributed by atoms with van der Waals surface area (Å²) in [4.78, 5) is 13.3. The predicted molar refractivity (Wildman–Crippen MR) is 378 cm³/mol. The molecule has 2 saturated heterocycles. The molecule has 0 aromatic carbocycles. The SMILES string of the molecule is CC/C=C\C/C=C\C/C=C\C/C=C\C/C=C\CCCCCCCCCCCCCCCCCCCCCCCCCC(=O)NC(COC1OC(CO)C(OC2OC(CO)C(O)C(O)C2O)C(O)C1O)C(O)/C=C/CC/C=C/CC/C=C/CCCCCCCCCCC. The van der Waals surface area contributed by atoms with Crippen molar-refractivity contribution in [3.8, 4) is 0 Å².